The van der Waals surface area contributed by atoms with Gasteiger partial charge < -0.3 is 14.5 Å². The fourth-order valence-corrected chi connectivity index (χ4v) is 2.92. The lowest BCUT2D eigenvalue weighted by Gasteiger charge is -2.32. The maximum atomic E-state index is 12.1. The van der Waals surface area contributed by atoms with E-state index in [4.69, 9.17) is 16.3 Å². The van der Waals surface area contributed by atoms with E-state index < -0.39 is 11.7 Å². The lowest BCUT2D eigenvalue weighted by molar-refractivity contribution is -0.115. The van der Waals surface area contributed by atoms with Gasteiger partial charge in [0.1, 0.15) is 0 Å². The largest absolute Gasteiger partial charge is 0.374 e. The molecule has 5 nitrogen and oxygen atoms in total. The van der Waals surface area contributed by atoms with E-state index in [0.29, 0.717) is 29.4 Å². The predicted octanol–water partition coefficient (Wildman–Crippen LogP) is 1.20. The fourth-order valence-electron chi connectivity index (χ4n) is 2.66. The van der Waals surface area contributed by atoms with Crippen LogP contribution in [0.25, 0.3) is 0 Å². The monoisotopic (exact) mass is 294 g/mol. The number of Topliss-reactive ketones (excluding diaryl/α,β-unsaturated/α-hetero) is 1. The van der Waals surface area contributed by atoms with Gasteiger partial charge in [-0.3, -0.25) is 9.59 Å². The summed E-state index contributed by atoms with van der Waals surface area (Å²) in [6.07, 6.45) is -0.0876. The molecule has 1 aromatic rings. The number of ketones is 1. The Morgan fingerprint density at radius 2 is 2.20 bits per heavy atom. The van der Waals surface area contributed by atoms with Crippen molar-refractivity contribution in [2.45, 2.75) is 6.10 Å². The van der Waals surface area contributed by atoms with Crippen LogP contribution in [0, 0.1) is 0 Å². The van der Waals surface area contributed by atoms with E-state index in [1.54, 1.807) is 18.2 Å². The third-order valence-electron chi connectivity index (χ3n) is 3.68. The van der Waals surface area contributed by atoms with Crippen LogP contribution in [0.4, 0.5) is 5.69 Å². The summed E-state index contributed by atoms with van der Waals surface area (Å²) >= 11 is 6.02. The number of ether oxygens (including phenoxy) is 1. The summed E-state index contributed by atoms with van der Waals surface area (Å²) in [4.78, 5) is 27.8. The second-order valence-corrected chi connectivity index (χ2v) is 5.54. The lowest BCUT2D eigenvalue weighted by Crippen LogP contribution is -2.47. The van der Waals surface area contributed by atoms with Crippen molar-refractivity contribution in [3.63, 3.8) is 0 Å². The van der Waals surface area contributed by atoms with Gasteiger partial charge in [0.15, 0.2) is 0 Å². The van der Waals surface area contributed by atoms with Crippen LogP contribution in [0.1, 0.15) is 10.4 Å². The first-order valence-corrected chi connectivity index (χ1v) is 6.90. The second kappa shape index (κ2) is 5.16. The molecule has 1 amide bonds. The number of benzene rings is 1. The molecule has 1 aromatic carbocycles. The highest BCUT2D eigenvalue weighted by atomic mass is 35.5. The first kappa shape index (κ1) is 13.5. The van der Waals surface area contributed by atoms with Gasteiger partial charge in [-0.2, -0.15) is 0 Å². The maximum Gasteiger partial charge on any atom is 0.299 e. The zero-order chi connectivity index (χ0) is 14.3. The third-order valence-corrected chi connectivity index (χ3v) is 3.99. The van der Waals surface area contributed by atoms with Crippen molar-refractivity contribution in [1.82, 2.24) is 4.90 Å². The standard InChI is InChI=1S/C14H15ClN2O3/c1-16-5-6-20-9(7-16)8-17-11-4-2-3-10(15)12(11)13(18)14(17)19/h2-4,9H,5-8H2,1H3. The van der Waals surface area contributed by atoms with Gasteiger partial charge in [-0.05, 0) is 19.2 Å². The smallest absolute Gasteiger partial charge is 0.299 e. The van der Waals surface area contributed by atoms with Crippen LogP contribution in [0.5, 0.6) is 0 Å². The molecule has 2 heterocycles. The van der Waals surface area contributed by atoms with Crippen LogP contribution >= 0.6 is 11.6 Å². The molecule has 2 aliphatic heterocycles. The van der Waals surface area contributed by atoms with Crippen LogP contribution in [0.2, 0.25) is 5.02 Å². The number of morpholine rings is 1. The Balaban J connectivity index is 1.86. The Labute approximate surface area is 122 Å². The van der Waals surface area contributed by atoms with Crippen LogP contribution in [-0.2, 0) is 9.53 Å². The van der Waals surface area contributed by atoms with Crippen molar-refractivity contribution >= 4 is 29.0 Å². The summed E-state index contributed by atoms with van der Waals surface area (Å²) in [5.41, 5.74) is 0.896. The van der Waals surface area contributed by atoms with Gasteiger partial charge >= 0.3 is 0 Å². The molecule has 1 unspecified atom stereocenters. The molecule has 106 valence electrons. The first-order chi connectivity index (χ1) is 9.58. The van der Waals surface area contributed by atoms with Crippen LogP contribution < -0.4 is 4.90 Å². The zero-order valence-electron chi connectivity index (χ0n) is 11.1. The average Bonchev–Trinajstić information content (AvgIpc) is 2.65. The van der Waals surface area contributed by atoms with Crippen molar-refractivity contribution in [1.29, 1.82) is 0 Å². The minimum atomic E-state index is -0.533. The summed E-state index contributed by atoms with van der Waals surface area (Å²) in [5.74, 6) is -1.06. The highest BCUT2D eigenvalue weighted by Crippen LogP contribution is 2.34. The molecule has 2 aliphatic rings. The highest BCUT2D eigenvalue weighted by molar-refractivity contribution is 6.55. The zero-order valence-corrected chi connectivity index (χ0v) is 11.9. The van der Waals surface area contributed by atoms with Crippen molar-refractivity contribution < 1.29 is 14.3 Å². The van der Waals surface area contributed by atoms with Crippen molar-refractivity contribution in [2.24, 2.45) is 0 Å². The van der Waals surface area contributed by atoms with Gasteiger partial charge in [0.2, 0.25) is 0 Å². The van der Waals surface area contributed by atoms with Crippen molar-refractivity contribution in [2.75, 3.05) is 38.2 Å². The van der Waals surface area contributed by atoms with Crippen molar-refractivity contribution in [3.05, 3.63) is 28.8 Å². The minimum Gasteiger partial charge on any atom is -0.374 e. The predicted molar refractivity (Wildman–Crippen MR) is 75.4 cm³/mol. The molecule has 0 aromatic heterocycles. The van der Waals surface area contributed by atoms with Gasteiger partial charge in [-0.15, -0.1) is 0 Å². The molecule has 1 saturated heterocycles. The van der Waals surface area contributed by atoms with Crippen LogP contribution in [0.3, 0.4) is 0 Å². The third kappa shape index (κ3) is 2.22. The van der Waals surface area contributed by atoms with Crippen LogP contribution in [0.15, 0.2) is 18.2 Å². The Kier molecular flexibility index (Phi) is 3.50. The molecule has 1 fully saturated rings. The molecule has 1 atom stereocenters. The summed E-state index contributed by atoms with van der Waals surface area (Å²) < 4.78 is 5.66. The Morgan fingerprint density at radius 1 is 1.40 bits per heavy atom. The van der Waals surface area contributed by atoms with Gasteiger partial charge in [0, 0.05) is 13.1 Å². The molecule has 0 N–H and O–H groups in total. The molecule has 6 heteroatoms. The van der Waals surface area contributed by atoms with E-state index in [9.17, 15) is 9.59 Å². The Morgan fingerprint density at radius 3 is 2.95 bits per heavy atom. The number of carbonyl (C=O) groups excluding carboxylic acids is 2. The number of likely N-dealkylation sites (N-methyl/N-ethyl adjacent to an activating group) is 1. The van der Waals surface area contributed by atoms with Crippen molar-refractivity contribution in [3.8, 4) is 0 Å². The maximum absolute atomic E-state index is 12.1. The van der Waals surface area contributed by atoms with Crippen LogP contribution in [-0.4, -0.2) is 56.0 Å². The molecule has 20 heavy (non-hydrogen) atoms. The molecular formula is C14H15ClN2O3. The SMILES string of the molecule is CN1CCOC(CN2C(=O)C(=O)c3c(Cl)cccc32)C1. The van der Waals surface area contributed by atoms with E-state index in [-0.39, 0.29) is 6.10 Å². The average molecular weight is 295 g/mol. The van der Waals surface area contributed by atoms with Gasteiger partial charge in [0.25, 0.3) is 11.7 Å². The van der Waals surface area contributed by atoms with E-state index in [1.807, 2.05) is 7.05 Å². The number of hydrogen-bond acceptors (Lipinski definition) is 4. The highest BCUT2D eigenvalue weighted by Gasteiger charge is 2.38. The molecular weight excluding hydrogens is 280 g/mol. The number of anilines is 1. The molecule has 0 aliphatic carbocycles. The Hall–Kier alpha value is -1.43. The minimum absolute atomic E-state index is 0.0876. The number of rotatable bonds is 2. The summed E-state index contributed by atoms with van der Waals surface area (Å²) in [6.45, 7) is 2.64. The van der Waals surface area contributed by atoms with E-state index in [1.165, 1.54) is 4.90 Å². The molecule has 3 rings (SSSR count). The number of halogens is 1. The number of amides is 1. The number of hydrogen-bond donors (Lipinski definition) is 0. The van der Waals surface area contributed by atoms with E-state index in [2.05, 4.69) is 4.90 Å². The lowest BCUT2D eigenvalue weighted by atomic mass is 10.1. The molecule has 0 bridgehead atoms. The van der Waals surface area contributed by atoms with E-state index >= 15 is 0 Å². The van der Waals surface area contributed by atoms with Gasteiger partial charge in [-0.25, -0.2) is 0 Å². The summed E-state index contributed by atoms with van der Waals surface area (Å²) in [5, 5.41) is 0.324. The summed E-state index contributed by atoms with van der Waals surface area (Å²) in [6, 6.07) is 5.12. The Bertz CT molecular complexity index is 576. The second-order valence-electron chi connectivity index (χ2n) is 5.13. The van der Waals surface area contributed by atoms with E-state index in [0.717, 1.165) is 13.1 Å². The number of fused-ring (bicyclic) bond motifs is 1. The summed E-state index contributed by atoms with van der Waals surface area (Å²) in [7, 11) is 2.01. The fraction of sp³-hybridized carbons (Fsp3) is 0.429. The number of nitrogens with zero attached hydrogens (tertiary/aromatic N) is 2. The van der Waals surface area contributed by atoms with Gasteiger partial charge in [0.05, 0.1) is 35.5 Å². The first-order valence-electron chi connectivity index (χ1n) is 6.53. The normalized spacial score (nSPS) is 23.3. The number of carbonyl (C=O) groups is 2. The molecule has 0 saturated carbocycles. The molecule has 0 radical (unpaired) electrons. The van der Waals surface area contributed by atoms with Gasteiger partial charge in [-0.1, -0.05) is 17.7 Å². The molecule has 0 spiro atoms. The topological polar surface area (TPSA) is 49.9 Å². The quantitative estimate of drug-likeness (QED) is 0.769.